The first-order valence-corrected chi connectivity index (χ1v) is 12.1. The van der Waals surface area contributed by atoms with E-state index < -0.39 is 0 Å². The molecular formula is C28H38Zr. The second kappa shape index (κ2) is 9.55. The van der Waals surface area contributed by atoms with Crippen molar-refractivity contribution in [1.82, 2.24) is 0 Å². The number of hydrogen-bond donors (Lipinski definition) is 0. The van der Waals surface area contributed by atoms with Gasteiger partial charge in [0.15, 0.2) is 0 Å². The summed E-state index contributed by atoms with van der Waals surface area (Å²) < 4.78 is 0. The number of fused-ring (bicyclic) bond motifs is 6. The smallest absolute Gasteiger partial charge is 0.318 e. The van der Waals surface area contributed by atoms with E-state index >= 15 is 0 Å². The van der Waals surface area contributed by atoms with Gasteiger partial charge in [0.2, 0.25) is 0 Å². The maximum Gasteiger partial charge on any atom is 2.00 e. The Balaban J connectivity index is 0.000000137. The maximum atomic E-state index is 2.64. The first kappa shape index (κ1) is 22.1. The summed E-state index contributed by atoms with van der Waals surface area (Å²) in [5.74, 6) is 8.81. The predicted molar refractivity (Wildman–Crippen MR) is 119 cm³/mol. The molecule has 0 radical (unpaired) electrons. The molecule has 29 heavy (non-hydrogen) atoms. The molecule has 4 saturated carbocycles. The summed E-state index contributed by atoms with van der Waals surface area (Å²) in [5.41, 5.74) is 0. The molecule has 0 spiro atoms. The van der Waals surface area contributed by atoms with Crippen LogP contribution >= 0.6 is 0 Å². The van der Waals surface area contributed by atoms with Crippen LogP contribution in [0.25, 0.3) is 0 Å². The minimum absolute atomic E-state index is 0. The molecule has 0 nitrogen and oxygen atoms in total. The Bertz CT molecular complexity index is 612. The second-order valence-corrected chi connectivity index (χ2v) is 10.5. The molecule has 0 saturated heterocycles. The van der Waals surface area contributed by atoms with E-state index in [4.69, 9.17) is 0 Å². The molecule has 0 aromatic rings. The molecule has 1 heteroatoms. The summed E-state index contributed by atoms with van der Waals surface area (Å²) in [6, 6.07) is 0. The van der Waals surface area contributed by atoms with Gasteiger partial charge in [-0.05, 0) is 11.8 Å². The number of rotatable bonds is 0. The van der Waals surface area contributed by atoms with E-state index in [-0.39, 0.29) is 26.2 Å². The minimum atomic E-state index is 0. The summed E-state index contributed by atoms with van der Waals surface area (Å²) in [6.45, 7) is 4.89. The van der Waals surface area contributed by atoms with E-state index in [1.807, 2.05) is 0 Å². The van der Waals surface area contributed by atoms with Crippen molar-refractivity contribution in [1.29, 1.82) is 0 Å². The SMILES string of the molecule is CC1CCCC2C3C=CC=CC3[CH-]C12.CC1CCCC2C3C=CC=CC3[CH-]C12.[Zr+2]. The standard InChI is InChI=1S/2C14H19.Zr/c2*1-10-5-4-8-13-12-7-3-2-6-11(12)9-14(10)13;/h2*2-3,6-7,9-14H,4-5,8H2,1H3;/q2*-1;+2. The van der Waals surface area contributed by atoms with E-state index in [1.165, 1.54) is 38.5 Å². The Morgan fingerprint density at radius 2 is 1.00 bits per heavy atom. The molecule has 0 aromatic heterocycles. The molecule has 0 bridgehead atoms. The second-order valence-electron chi connectivity index (χ2n) is 10.5. The first-order chi connectivity index (χ1) is 13.7. The average Bonchev–Trinajstić information content (AvgIpc) is 3.29. The molecule has 0 heterocycles. The quantitative estimate of drug-likeness (QED) is 0.331. The van der Waals surface area contributed by atoms with Crippen LogP contribution in [0.15, 0.2) is 48.6 Å². The van der Waals surface area contributed by atoms with E-state index in [9.17, 15) is 0 Å². The summed E-state index contributed by atoms with van der Waals surface area (Å²) >= 11 is 0. The average molecular weight is 466 g/mol. The zero-order valence-corrected chi connectivity index (χ0v) is 20.7. The Labute approximate surface area is 198 Å². The fraction of sp³-hybridized carbons (Fsp3) is 0.643. The van der Waals surface area contributed by atoms with Crippen LogP contribution in [0.3, 0.4) is 0 Å². The van der Waals surface area contributed by atoms with E-state index in [1.54, 1.807) is 0 Å². The third-order valence-electron chi connectivity index (χ3n) is 9.02. The molecule has 10 unspecified atom stereocenters. The molecule has 0 N–H and O–H groups in total. The number of allylic oxidation sites excluding steroid dienone is 8. The molecule has 154 valence electrons. The van der Waals surface area contributed by atoms with Gasteiger partial charge in [-0.1, -0.05) is 113 Å². The molecule has 6 rings (SSSR count). The third-order valence-corrected chi connectivity index (χ3v) is 9.02. The number of hydrogen-bond acceptors (Lipinski definition) is 0. The molecule has 6 aliphatic rings. The molecule has 0 aromatic carbocycles. The van der Waals surface area contributed by atoms with E-state index in [0.29, 0.717) is 0 Å². The van der Waals surface area contributed by atoms with Gasteiger partial charge >= 0.3 is 26.2 Å². The topological polar surface area (TPSA) is 0 Å². The van der Waals surface area contributed by atoms with Crippen molar-refractivity contribution in [3.05, 3.63) is 61.4 Å². The van der Waals surface area contributed by atoms with Gasteiger partial charge in [-0.2, -0.15) is 11.8 Å². The van der Waals surface area contributed by atoms with Gasteiger partial charge in [0.1, 0.15) is 0 Å². The summed E-state index contributed by atoms with van der Waals surface area (Å²) in [7, 11) is 0. The predicted octanol–water partition coefficient (Wildman–Crippen LogP) is 7.23. The van der Waals surface area contributed by atoms with Crippen LogP contribution in [0, 0.1) is 72.0 Å². The summed E-state index contributed by atoms with van der Waals surface area (Å²) in [6.07, 6.45) is 32.6. The van der Waals surface area contributed by atoms with Crippen molar-refractivity contribution in [3.8, 4) is 0 Å². The fourth-order valence-corrected chi connectivity index (χ4v) is 7.57. The summed E-state index contributed by atoms with van der Waals surface area (Å²) in [5, 5.41) is 0. The van der Waals surface area contributed by atoms with Crippen LogP contribution in [-0.4, -0.2) is 0 Å². The fourth-order valence-electron chi connectivity index (χ4n) is 7.57. The van der Waals surface area contributed by atoms with Gasteiger partial charge in [-0.25, -0.2) is 0 Å². The molecule has 0 aliphatic heterocycles. The molecule has 4 fully saturated rings. The zero-order chi connectivity index (χ0) is 19.1. The Morgan fingerprint density at radius 3 is 1.45 bits per heavy atom. The molecule has 0 amide bonds. The van der Waals surface area contributed by atoms with Crippen LogP contribution in [0.1, 0.15) is 52.4 Å². The molecule has 10 atom stereocenters. The third kappa shape index (κ3) is 4.29. The zero-order valence-electron chi connectivity index (χ0n) is 18.3. The Morgan fingerprint density at radius 1 is 0.586 bits per heavy atom. The van der Waals surface area contributed by atoms with Crippen LogP contribution in [0.5, 0.6) is 0 Å². The van der Waals surface area contributed by atoms with Crippen LogP contribution < -0.4 is 0 Å². The van der Waals surface area contributed by atoms with Crippen LogP contribution in [0.4, 0.5) is 0 Å². The van der Waals surface area contributed by atoms with Crippen LogP contribution in [0.2, 0.25) is 0 Å². The van der Waals surface area contributed by atoms with Crippen molar-refractivity contribution >= 4 is 0 Å². The minimum Gasteiger partial charge on any atom is -0.318 e. The van der Waals surface area contributed by atoms with Gasteiger partial charge in [0.05, 0.1) is 0 Å². The first-order valence-electron chi connectivity index (χ1n) is 12.1. The molecule has 6 aliphatic carbocycles. The van der Waals surface area contributed by atoms with Crippen LogP contribution in [-0.2, 0) is 26.2 Å². The Kier molecular flexibility index (Phi) is 7.26. The maximum absolute atomic E-state index is 2.64. The largest absolute Gasteiger partial charge is 2.00 e. The van der Waals surface area contributed by atoms with Gasteiger partial charge in [-0.15, -0.1) is 24.0 Å². The van der Waals surface area contributed by atoms with Gasteiger partial charge in [-0.3, -0.25) is 0 Å². The summed E-state index contributed by atoms with van der Waals surface area (Å²) in [4.78, 5) is 0. The van der Waals surface area contributed by atoms with Crippen molar-refractivity contribution in [2.45, 2.75) is 52.4 Å². The van der Waals surface area contributed by atoms with Crippen molar-refractivity contribution in [2.75, 3.05) is 0 Å². The van der Waals surface area contributed by atoms with Gasteiger partial charge in [0, 0.05) is 0 Å². The van der Waals surface area contributed by atoms with E-state index in [2.05, 4.69) is 75.3 Å². The van der Waals surface area contributed by atoms with Crippen molar-refractivity contribution < 1.29 is 26.2 Å². The van der Waals surface area contributed by atoms with Crippen molar-refractivity contribution in [2.24, 2.45) is 59.2 Å². The monoisotopic (exact) mass is 464 g/mol. The van der Waals surface area contributed by atoms with Gasteiger partial charge < -0.3 is 12.8 Å². The van der Waals surface area contributed by atoms with Crippen molar-refractivity contribution in [3.63, 3.8) is 0 Å². The Hall–Kier alpha value is -0.157. The molecular weight excluding hydrogens is 428 g/mol. The van der Waals surface area contributed by atoms with Gasteiger partial charge in [0.25, 0.3) is 0 Å². The van der Waals surface area contributed by atoms with E-state index in [0.717, 1.165) is 59.2 Å². The normalized spacial score (nSPS) is 48.5.